The van der Waals surface area contributed by atoms with Crippen LogP contribution < -0.4 is 0 Å². The molecule has 5 rings (SSSR count). The Labute approximate surface area is 237 Å². The highest BCUT2D eigenvalue weighted by Gasteiger charge is 2.37. The zero-order chi connectivity index (χ0) is 29.0. The Morgan fingerprint density at radius 1 is 0.927 bits per heavy atom. The van der Waals surface area contributed by atoms with Crippen molar-refractivity contribution < 1.29 is 27.9 Å². The minimum Gasteiger partial charge on any atom is -0.385 e. The molecular weight excluding hydrogens is 531 g/mol. The van der Waals surface area contributed by atoms with Gasteiger partial charge in [0.2, 0.25) is 5.91 Å². The normalized spacial score (nSPS) is 23.0. The fourth-order valence-corrected chi connectivity index (χ4v) is 6.17. The molecule has 1 N–H and O–H groups in total. The third-order valence-corrected chi connectivity index (χ3v) is 8.56. The summed E-state index contributed by atoms with van der Waals surface area (Å²) in [5.74, 6) is 0.920. The van der Waals surface area contributed by atoms with Crippen LogP contribution in [-0.4, -0.2) is 44.8 Å². The molecule has 1 unspecified atom stereocenters. The average molecular weight is 566 g/mol. The Balaban J connectivity index is 1.06. The predicted molar refractivity (Wildman–Crippen MR) is 148 cm³/mol. The Kier molecular flexibility index (Phi) is 8.54. The zero-order valence-electron chi connectivity index (χ0n) is 22.8. The summed E-state index contributed by atoms with van der Waals surface area (Å²) in [4.78, 5) is 35.5. The highest BCUT2D eigenvalue weighted by atomic mass is 19.4. The van der Waals surface area contributed by atoms with Crippen LogP contribution in [0.4, 0.5) is 13.2 Å². The van der Waals surface area contributed by atoms with E-state index in [2.05, 4.69) is 9.97 Å². The molecule has 0 spiro atoms. The third-order valence-electron chi connectivity index (χ3n) is 8.56. The number of rotatable bonds is 8. The van der Waals surface area contributed by atoms with Crippen LogP contribution in [0.15, 0.2) is 67.0 Å². The van der Waals surface area contributed by atoms with Gasteiger partial charge in [0.05, 0.1) is 11.2 Å². The summed E-state index contributed by atoms with van der Waals surface area (Å²) < 4.78 is 38.8. The monoisotopic (exact) mass is 565 g/mol. The second kappa shape index (κ2) is 12.1. The fourth-order valence-electron chi connectivity index (χ4n) is 6.17. The van der Waals surface area contributed by atoms with Crippen molar-refractivity contribution in [2.45, 2.75) is 63.1 Å². The number of alkyl halides is 3. The molecule has 1 aromatic heterocycles. The number of carbonyl (C=O) groups is 2. The van der Waals surface area contributed by atoms with Gasteiger partial charge in [0, 0.05) is 49.5 Å². The van der Waals surface area contributed by atoms with E-state index in [1.165, 1.54) is 12.1 Å². The van der Waals surface area contributed by atoms with E-state index < -0.39 is 23.1 Å². The van der Waals surface area contributed by atoms with Gasteiger partial charge in [-0.3, -0.25) is 9.59 Å². The molecule has 2 fully saturated rings. The van der Waals surface area contributed by atoms with Crippen molar-refractivity contribution in [2.24, 2.45) is 11.8 Å². The van der Waals surface area contributed by atoms with E-state index in [1.807, 2.05) is 24.3 Å². The van der Waals surface area contributed by atoms with Gasteiger partial charge in [-0.05, 0) is 74.1 Å². The van der Waals surface area contributed by atoms with Gasteiger partial charge in [0.1, 0.15) is 0 Å². The van der Waals surface area contributed by atoms with Crippen LogP contribution in [0, 0.1) is 11.8 Å². The molecule has 1 aliphatic carbocycles. The number of hydrogen-bond acceptors (Lipinski definition) is 5. The van der Waals surface area contributed by atoms with E-state index in [0.29, 0.717) is 43.6 Å². The first-order valence-electron chi connectivity index (χ1n) is 14.2. The van der Waals surface area contributed by atoms with E-state index >= 15 is 0 Å². The molecule has 2 aliphatic rings. The molecule has 1 atom stereocenters. The lowest BCUT2D eigenvalue weighted by atomic mass is 9.73. The molecule has 0 bridgehead atoms. The molecule has 2 heterocycles. The number of Topliss-reactive ketones (excluding diaryl/α,β-unsaturated/α-hetero) is 1. The van der Waals surface area contributed by atoms with Gasteiger partial charge in [-0.25, -0.2) is 9.97 Å². The minimum atomic E-state index is -4.52. The first-order valence-corrected chi connectivity index (χ1v) is 14.2. The first kappa shape index (κ1) is 28.9. The van der Waals surface area contributed by atoms with Gasteiger partial charge in [-0.2, -0.15) is 13.2 Å². The minimum absolute atomic E-state index is 0.00650. The van der Waals surface area contributed by atoms with E-state index in [-0.39, 0.29) is 24.3 Å². The second-order valence-electron chi connectivity index (χ2n) is 11.4. The Bertz CT molecular complexity index is 1350. The van der Waals surface area contributed by atoms with Gasteiger partial charge in [-0.1, -0.05) is 36.4 Å². The van der Waals surface area contributed by atoms with Gasteiger partial charge >= 0.3 is 6.18 Å². The molecule has 216 valence electrons. The molecule has 9 heteroatoms. The van der Waals surface area contributed by atoms with E-state index in [4.69, 9.17) is 0 Å². The number of hydrogen-bond donors (Lipinski definition) is 1. The summed E-state index contributed by atoms with van der Waals surface area (Å²) in [5, 5.41) is 11.4. The zero-order valence-corrected chi connectivity index (χ0v) is 22.8. The number of ketones is 1. The SMILES string of the molecule is O=C(CCC(=O)N1CCC(CC2CCC(O)(c3ccc(-c4ncccn4)cc3)CC2)C1)c1cccc(C(F)(F)F)c1. The van der Waals surface area contributed by atoms with Crippen LogP contribution in [0.1, 0.15) is 72.9 Å². The van der Waals surface area contributed by atoms with E-state index in [9.17, 15) is 27.9 Å². The van der Waals surface area contributed by atoms with Crippen LogP contribution in [0.25, 0.3) is 11.4 Å². The largest absolute Gasteiger partial charge is 0.416 e. The van der Waals surface area contributed by atoms with Crippen LogP contribution in [0.5, 0.6) is 0 Å². The summed E-state index contributed by atoms with van der Waals surface area (Å²) >= 11 is 0. The van der Waals surface area contributed by atoms with Crippen LogP contribution in [-0.2, 0) is 16.6 Å². The van der Waals surface area contributed by atoms with E-state index in [1.54, 1.807) is 23.4 Å². The second-order valence-corrected chi connectivity index (χ2v) is 11.4. The van der Waals surface area contributed by atoms with Crippen LogP contribution >= 0.6 is 0 Å². The Hall–Kier alpha value is -3.59. The van der Waals surface area contributed by atoms with Crippen molar-refractivity contribution in [3.05, 3.63) is 83.7 Å². The van der Waals surface area contributed by atoms with Crippen molar-refractivity contribution in [2.75, 3.05) is 13.1 Å². The average Bonchev–Trinajstić information content (AvgIpc) is 3.46. The summed E-state index contributed by atoms with van der Waals surface area (Å²) in [7, 11) is 0. The quantitative estimate of drug-likeness (QED) is 0.318. The maximum atomic E-state index is 12.9. The lowest BCUT2D eigenvalue weighted by molar-refractivity contribution is -0.137. The van der Waals surface area contributed by atoms with Crippen LogP contribution in [0.2, 0.25) is 0 Å². The Morgan fingerprint density at radius 3 is 2.32 bits per heavy atom. The molecule has 3 aromatic rings. The molecule has 6 nitrogen and oxygen atoms in total. The molecule has 1 amide bonds. The summed E-state index contributed by atoms with van der Waals surface area (Å²) in [6, 6.07) is 13.9. The number of aromatic nitrogens is 2. The fraction of sp³-hybridized carbons (Fsp3) is 0.438. The smallest absolute Gasteiger partial charge is 0.385 e. The molecule has 41 heavy (non-hydrogen) atoms. The van der Waals surface area contributed by atoms with Gasteiger partial charge < -0.3 is 10.0 Å². The number of likely N-dealkylation sites (tertiary alicyclic amines) is 1. The number of halogens is 3. The molecule has 1 aliphatic heterocycles. The summed E-state index contributed by atoms with van der Waals surface area (Å²) in [6.45, 7) is 1.27. The van der Waals surface area contributed by atoms with Gasteiger partial charge in [-0.15, -0.1) is 0 Å². The standard InChI is InChI=1S/C32H34F3N3O3/c33-32(34,35)27-4-1-3-25(20-27)28(39)9-10-29(40)38-18-13-23(21-38)19-22-11-14-31(41,15-12-22)26-7-5-24(6-8-26)30-36-16-2-17-37-30/h1-8,16-17,20,22-23,41H,9-15,18-19,21H2. The highest BCUT2D eigenvalue weighted by Crippen LogP contribution is 2.42. The number of amides is 1. The lowest BCUT2D eigenvalue weighted by Crippen LogP contribution is -2.32. The van der Waals surface area contributed by atoms with Crippen molar-refractivity contribution in [1.82, 2.24) is 14.9 Å². The molecule has 1 saturated carbocycles. The maximum Gasteiger partial charge on any atom is 0.416 e. The van der Waals surface area contributed by atoms with Crippen molar-refractivity contribution in [1.29, 1.82) is 0 Å². The topological polar surface area (TPSA) is 83.4 Å². The lowest BCUT2D eigenvalue weighted by Gasteiger charge is -2.37. The summed E-state index contributed by atoms with van der Waals surface area (Å²) in [6.07, 6.45) is 3.87. The first-order chi connectivity index (χ1) is 19.6. The van der Waals surface area contributed by atoms with E-state index in [0.717, 1.165) is 48.9 Å². The van der Waals surface area contributed by atoms with Gasteiger partial charge in [0.25, 0.3) is 0 Å². The third kappa shape index (κ3) is 7.01. The van der Waals surface area contributed by atoms with Crippen molar-refractivity contribution in [3.63, 3.8) is 0 Å². The number of nitrogens with zero attached hydrogens (tertiary/aromatic N) is 3. The number of aliphatic hydroxyl groups is 1. The number of carbonyl (C=O) groups excluding carboxylic acids is 2. The molecule has 0 radical (unpaired) electrons. The van der Waals surface area contributed by atoms with Gasteiger partial charge in [0.15, 0.2) is 11.6 Å². The van der Waals surface area contributed by atoms with Crippen LogP contribution in [0.3, 0.4) is 0 Å². The van der Waals surface area contributed by atoms with Crippen molar-refractivity contribution >= 4 is 11.7 Å². The molecule has 2 aromatic carbocycles. The molecular formula is C32H34F3N3O3. The highest BCUT2D eigenvalue weighted by molar-refractivity contribution is 5.98. The number of benzene rings is 2. The summed E-state index contributed by atoms with van der Waals surface area (Å²) in [5.41, 5.74) is 0.0794. The predicted octanol–water partition coefficient (Wildman–Crippen LogP) is 6.44. The van der Waals surface area contributed by atoms with Crippen molar-refractivity contribution in [3.8, 4) is 11.4 Å². The Morgan fingerprint density at radius 2 is 1.63 bits per heavy atom. The molecule has 1 saturated heterocycles. The maximum absolute atomic E-state index is 12.9.